The average Bonchev–Trinajstić information content (AvgIpc) is 2.98. The van der Waals surface area contributed by atoms with Crippen LogP contribution in [-0.4, -0.2) is 54.1 Å². The molecule has 0 saturated carbocycles. The number of hydrogen-bond acceptors (Lipinski definition) is 6. The molecule has 2 aromatic rings. The summed E-state index contributed by atoms with van der Waals surface area (Å²) in [6.07, 6.45) is 3.67. The van der Waals surface area contributed by atoms with Crippen LogP contribution in [-0.2, 0) is 13.1 Å². The van der Waals surface area contributed by atoms with Gasteiger partial charge in [0.2, 0.25) is 0 Å². The Bertz CT molecular complexity index is 513. The quantitative estimate of drug-likeness (QED) is 0.747. The Balaban J connectivity index is 1.99. The number of thiophene rings is 1. The van der Waals surface area contributed by atoms with Crippen LogP contribution in [0.5, 0.6) is 6.01 Å². The predicted molar refractivity (Wildman–Crippen MR) is 85.6 cm³/mol. The van der Waals surface area contributed by atoms with Crippen molar-refractivity contribution >= 4 is 11.3 Å². The molecule has 0 fully saturated rings. The van der Waals surface area contributed by atoms with Crippen molar-refractivity contribution in [2.45, 2.75) is 13.1 Å². The molecule has 5 nitrogen and oxygen atoms in total. The standard InChI is InChI=1S/C15H22N4OS/c1-18(2)6-7-19(12-14-5-4-8-21-14)11-13-9-16-15(20-3)17-10-13/h4-5,8-10H,6-7,11-12H2,1-3H3. The summed E-state index contributed by atoms with van der Waals surface area (Å²) in [6, 6.07) is 4.69. The Morgan fingerprint density at radius 1 is 1.14 bits per heavy atom. The fraction of sp³-hybridized carbons (Fsp3) is 0.467. The molecule has 0 amide bonds. The van der Waals surface area contributed by atoms with Gasteiger partial charge in [-0.15, -0.1) is 11.3 Å². The van der Waals surface area contributed by atoms with Crippen LogP contribution < -0.4 is 4.74 Å². The van der Waals surface area contributed by atoms with Crippen LogP contribution in [0.3, 0.4) is 0 Å². The van der Waals surface area contributed by atoms with Crippen LogP contribution in [0, 0.1) is 0 Å². The van der Waals surface area contributed by atoms with Gasteiger partial charge in [-0.3, -0.25) is 4.90 Å². The minimum absolute atomic E-state index is 0.414. The summed E-state index contributed by atoms with van der Waals surface area (Å²) in [5.74, 6) is 0. The molecule has 0 aromatic carbocycles. The Hall–Kier alpha value is -1.50. The van der Waals surface area contributed by atoms with Crippen LogP contribution >= 0.6 is 11.3 Å². The van der Waals surface area contributed by atoms with E-state index in [2.05, 4.69) is 51.4 Å². The summed E-state index contributed by atoms with van der Waals surface area (Å²) in [6.45, 7) is 3.84. The Morgan fingerprint density at radius 2 is 1.90 bits per heavy atom. The van der Waals surface area contributed by atoms with Gasteiger partial charge in [0.25, 0.3) is 0 Å². The molecular formula is C15H22N4OS. The molecule has 0 radical (unpaired) electrons. The lowest BCUT2D eigenvalue weighted by atomic mass is 10.3. The minimum Gasteiger partial charge on any atom is -0.467 e. The van der Waals surface area contributed by atoms with E-state index < -0.39 is 0 Å². The number of hydrogen-bond donors (Lipinski definition) is 0. The van der Waals surface area contributed by atoms with Crippen molar-refractivity contribution in [3.63, 3.8) is 0 Å². The fourth-order valence-electron chi connectivity index (χ4n) is 1.97. The molecule has 0 saturated heterocycles. The molecule has 0 aliphatic carbocycles. The summed E-state index contributed by atoms with van der Waals surface area (Å²) in [7, 11) is 5.77. The number of nitrogens with zero attached hydrogens (tertiary/aromatic N) is 4. The zero-order valence-electron chi connectivity index (χ0n) is 12.8. The van der Waals surface area contributed by atoms with Crippen LogP contribution in [0.2, 0.25) is 0 Å². The largest absolute Gasteiger partial charge is 0.467 e. The summed E-state index contributed by atoms with van der Waals surface area (Å²) < 4.78 is 5.00. The van der Waals surface area contributed by atoms with Crippen LogP contribution in [0.4, 0.5) is 0 Å². The first-order chi connectivity index (χ1) is 10.2. The van der Waals surface area contributed by atoms with Crippen molar-refractivity contribution in [3.05, 3.63) is 40.3 Å². The van der Waals surface area contributed by atoms with Crippen LogP contribution in [0.1, 0.15) is 10.4 Å². The van der Waals surface area contributed by atoms with Crippen molar-refractivity contribution < 1.29 is 4.74 Å². The second-order valence-corrected chi connectivity index (χ2v) is 6.20. The first-order valence-electron chi connectivity index (χ1n) is 6.91. The van der Waals surface area contributed by atoms with Crippen LogP contribution in [0.25, 0.3) is 0 Å². The smallest absolute Gasteiger partial charge is 0.316 e. The molecule has 0 unspecified atom stereocenters. The molecule has 0 aliphatic rings. The van der Waals surface area contributed by atoms with Gasteiger partial charge < -0.3 is 9.64 Å². The molecule has 0 atom stereocenters. The highest BCUT2D eigenvalue weighted by molar-refractivity contribution is 7.09. The van der Waals surface area contributed by atoms with Crippen LogP contribution in [0.15, 0.2) is 29.9 Å². The van der Waals surface area contributed by atoms with Gasteiger partial charge in [-0.25, -0.2) is 9.97 Å². The molecule has 2 aromatic heterocycles. The van der Waals surface area contributed by atoms with E-state index in [0.29, 0.717) is 6.01 Å². The monoisotopic (exact) mass is 306 g/mol. The molecule has 0 bridgehead atoms. The molecular weight excluding hydrogens is 284 g/mol. The molecule has 21 heavy (non-hydrogen) atoms. The molecule has 0 spiro atoms. The van der Waals surface area contributed by atoms with E-state index >= 15 is 0 Å². The van der Waals surface area contributed by atoms with E-state index in [-0.39, 0.29) is 0 Å². The third-order valence-corrected chi connectivity index (χ3v) is 3.95. The van der Waals surface area contributed by atoms with Gasteiger partial charge in [0, 0.05) is 49.0 Å². The zero-order chi connectivity index (χ0) is 15.1. The lowest BCUT2D eigenvalue weighted by Crippen LogP contribution is -2.31. The van der Waals surface area contributed by atoms with E-state index in [4.69, 9.17) is 4.74 Å². The van der Waals surface area contributed by atoms with E-state index in [1.54, 1.807) is 18.4 Å². The predicted octanol–water partition coefficient (Wildman–Crippen LogP) is 2.11. The van der Waals surface area contributed by atoms with E-state index in [9.17, 15) is 0 Å². The van der Waals surface area contributed by atoms with E-state index in [1.165, 1.54) is 4.88 Å². The van der Waals surface area contributed by atoms with Crippen molar-refractivity contribution in [2.24, 2.45) is 0 Å². The SMILES string of the molecule is COc1ncc(CN(CCN(C)C)Cc2cccs2)cn1. The molecule has 0 aliphatic heterocycles. The number of methoxy groups -OCH3 is 1. The van der Waals surface area contributed by atoms with Crippen molar-refractivity contribution in [1.82, 2.24) is 19.8 Å². The van der Waals surface area contributed by atoms with Gasteiger partial charge in [0.1, 0.15) is 0 Å². The van der Waals surface area contributed by atoms with Crippen molar-refractivity contribution in [1.29, 1.82) is 0 Å². The lowest BCUT2D eigenvalue weighted by molar-refractivity contribution is 0.227. The molecule has 2 rings (SSSR count). The van der Waals surface area contributed by atoms with E-state index in [0.717, 1.165) is 31.7 Å². The van der Waals surface area contributed by atoms with Crippen molar-refractivity contribution in [2.75, 3.05) is 34.3 Å². The Kier molecular flexibility index (Phi) is 6.10. The number of likely N-dealkylation sites (N-methyl/N-ethyl adjacent to an activating group) is 1. The maximum atomic E-state index is 5.00. The highest BCUT2D eigenvalue weighted by Gasteiger charge is 2.09. The first-order valence-corrected chi connectivity index (χ1v) is 7.79. The maximum Gasteiger partial charge on any atom is 0.316 e. The van der Waals surface area contributed by atoms with Gasteiger partial charge in [0.05, 0.1) is 7.11 Å². The van der Waals surface area contributed by atoms with Gasteiger partial charge in [-0.1, -0.05) is 6.07 Å². The number of rotatable bonds is 8. The Morgan fingerprint density at radius 3 is 2.48 bits per heavy atom. The third kappa shape index (κ3) is 5.41. The first kappa shape index (κ1) is 15.9. The van der Waals surface area contributed by atoms with E-state index in [1.807, 2.05) is 12.4 Å². The second kappa shape index (κ2) is 8.07. The van der Waals surface area contributed by atoms with Gasteiger partial charge in [0.15, 0.2) is 0 Å². The number of ether oxygens (including phenoxy) is 1. The van der Waals surface area contributed by atoms with Gasteiger partial charge >= 0.3 is 6.01 Å². The topological polar surface area (TPSA) is 41.5 Å². The zero-order valence-corrected chi connectivity index (χ0v) is 13.6. The third-order valence-electron chi connectivity index (χ3n) is 3.09. The van der Waals surface area contributed by atoms with Gasteiger partial charge in [-0.05, 0) is 25.5 Å². The highest BCUT2D eigenvalue weighted by Crippen LogP contribution is 2.14. The lowest BCUT2D eigenvalue weighted by Gasteiger charge is -2.23. The minimum atomic E-state index is 0.414. The molecule has 2 heterocycles. The Labute approximate surface area is 130 Å². The summed E-state index contributed by atoms with van der Waals surface area (Å²) in [5.41, 5.74) is 1.10. The maximum absolute atomic E-state index is 5.00. The second-order valence-electron chi connectivity index (χ2n) is 5.17. The molecule has 0 N–H and O–H groups in total. The summed E-state index contributed by atoms with van der Waals surface area (Å²) in [4.78, 5) is 14.3. The normalized spacial score (nSPS) is 11.3. The van der Waals surface area contributed by atoms with Gasteiger partial charge in [-0.2, -0.15) is 0 Å². The summed E-state index contributed by atoms with van der Waals surface area (Å²) >= 11 is 1.80. The molecule has 114 valence electrons. The summed E-state index contributed by atoms with van der Waals surface area (Å²) in [5, 5.41) is 2.12. The fourth-order valence-corrected chi connectivity index (χ4v) is 2.71. The molecule has 6 heteroatoms. The van der Waals surface area contributed by atoms with Crippen molar-refractivity contribution in [3.8, 4) is 6.01 Å². The number of aromatic nitrogens is 2. The highest BCUT2D eigenvalue weighted by atomic mass is 32.1. The average molecular weight is 306 g/mol.